The molecule has 0 nitrogen and oxygen atoms in total. The molecular formula is C8H22BP. The Morgan fingerprint density at radius 2 is 1.00 bits per heavy atom. The van der Waals surface area contributed by atoms with Crippen molar-refractivity contribution in [3.05, 3.63) is 0 Å². The van der Waals surface area contributed by atoms with E-state index in [0.717, 1.165) is 0 Å². The smallest absolute Gasteiger partial charge is 0.125 e. The van der Waals surface area contributed by atoms with E-state index in [9.17, 15) is 0 Å². The minimum absolute atomic E-state index is 0.0293. The van der Waals surface area contributed by atoms with Crippen molar-refractivity contribution in [2.24, 2.45) is 0 Å². The maximum absolute atomic E-state index is 2.42. The average molecular weight is 160 g/mol. The van der Waals surface area contributed by atoms with E-state index in [4.69, 9.17) is 0 Å². The molecule has 0 N–H and O–H groups in total. The highest BCUT2D eigenvalue weighted by atomic mass is 31.1. The molecule has 2 heteroatoms. The first kappa shape index (κ1) is 10.5. The van der Waals surface area contributed by atoms with Crippen LogP contribution in [0, 0.1) is 0 Å². The van der Waals surface area contributed by atoms with Crippen LogP contribution < -0.4 is 0 Å². The first-order valence-corrected chi connectivity index (χ1v) is 4.50. The van der Waals surface area contributed by atoms with Crippen LogP contribution in [0.3, 0.4) is 0 Å². The SMILES string of the molecule is [BH3-][PH+](C(C)(C)C)C(C)(C)C. The van der Waals surface area contributed by atoms with Crippen LogP contribution in [0.1, 0.15) is 41.5 Å². The van der Waals surface area contributed by atoms with Gasteiger partial charge in [0.1, 0.15) is 7.57 Å². The Morgan fingerprint density at radius 1 is 0.800 bits per heavy atom. The number of hydrogen-bond donors (Lipinski definition) is 0. The summed E-state index contributed by atoms with van der Waals surface area (Å²) >= 11 is 0. The normalized spacial score (nSPS) is 14.4. The van der Waals surface area contributed by atoms with Gasteiger partial charge in [-0.25, -0.2) is 0 Å². The second-order valence-corrected chi connectivity index (χ2v) is 7.88. The van der Waals surface area contributed by atoms with Crippen molar-refractivity contribution in [2.75, 3.05) is 0 Å². The Bertz CT molecular complexity index is 93.4. The number of rotatable bonds is 0. The van der Waals surface area contributed by atoms with Crippen LogP contribution in [0.4, 0.5) is 0 Å². The monoisotopic (exact) mass is 160 g/mol. The molecule has 10 heavy (non-hydrogen) atoms. The van der Waals surface area contributed by atoms with Crippen molar-refractivity contribution in [1.82, 2.24) is 0 Å². The van der Waals surface area contributed by atoms with E-state index in [1.807, 2.05) is 0 Å². The molecule has 0 aromatic carbocycles. The first-order chi connectivity index (χ1) is 4.15. The van der Waals surface area contributed by atoms with E-state index < -0.39 is 0 Å². The van der Waals surface area contributed by atoms with Crippen molar-refractivity contribution < 1.29 is 0 Å². The lowest BCUT2D eigenvalue weighted by molar-refractivity contribution is 0.719. The Hall–Kier alpha value is 0.495. The molecule has 0 atom stereocenters. The third kappa shape index (κ3) is 3.06. The second kappa shape index (κ2) is 2.85. The van der Waals surface area contributed by atoms with E-state index in [0.29, 0.717) is 17.9 Å². The lowest BCUT2D eigenvalue weighted by Crippen LogP contribution is -2.24. The molecule has 0 aliphatic carbocycles. The van der Waals surface area contributed by atoms with Crippen LogP contribution in [0.15, 0.2) is 0 Å². The van der Waals surface area contributed by atoms with Gasteiger partial charge in [-0.15, -0.1) is 0 Å². The Morgan fingerprint density at radius 3 is 1.00 bits per heavy atom. The van der Waals surface area contributed by atoms with Gasteiger partial charge < -0.3 is 0 Å². The summed E-state index contributed by atoms with van der Waals surface area (Å²) in [5, 5.41) is 1.31. The quantitative estimate of drug-likeness (QED) is 0.376. The second-order valence-electron chi connectivity index (χ2n) is 4.62. The molecule has 0 fully saturated rings. The Labute approximate surface area is 67.9 Å². The van der Waals surface area contributed by atoms with Gasteiger partial charge >= 0.3 is 0 Å². The summed E-state index contributed by atoms with van der Waals surface area (Å²) in [5.41, 5.74) is 0. The standard InChI is InChI=1S/C8H22BP/c1-7(2,3)10(9)8(4,5)6/h10H,1-6,9H3. The van der Waals surface area contributed by atoms with Gasteiger partial charge in [0.25, 0.3) is 0 Å². The molecule has 0 aromatic heterocycles. The summed E-state index contributed by atoms with van der Waals surface area (Å²) in [7, 11) is 0.617. The van der Waals surface area contributed by atoms with Crippen molar-refractivity contribution in [3.8, 4) is 0 Å². The molecule has 0 aromatic rings. The molecule has 0 spiro atoms. The molecule has 0 rings (SSSR count). The first-order valence-electron chi connectivity index (χ1n) is 3.50. The average Bonchev–Trinajstić information content (AvgIpc) is 1.59. The largest absolute Gasteiger partial charge is 0.160 e. The van der Waals surface area contributed by atoms with Gasteiger partial charge in [-0.3, -0.25) is 0 Å². The minimum atomic E-state index is 0.0293. The summed E-state index contributed by atoms with van der Waals surface area (Å²) in [4.78, 5) is 0. The van der Waals surface area contributed by atoms with Crippen LogP contribution in [0.2, 0.25) is 0 Å². The highest BCUT2D eigenvalue weighted by Gasteiger charge is 2.31. The maximum Gasteiger partial charge on any atom is 0.125 e. The van der Waals surface area contributed by atoms with Crippen LogP contribution in [-0.4, -0.2) is 17.9 Å². The highest BCUT2D eigenvalue weighted by molar-refractivity contribution is 7.84. The molecule has 0 aliphatic rings. The zero-order valence-electron chi connectivity index (χ0n) is 7.50. The highest BCUT2D eigenvalue weighted by Crippen LogP contribution is 2.55. The Balaban J connectivity index is 4.23. The van der Waals surface area contributed by atoms with Crippen LogP contribution in [-0.2, 0) is 0 Å². The lowest BCUT2D eigenvalue weighted by atomic mass is 10.2. The fourth-order valence-electron chi connectivity index (χ4n) is 1.12. The molecule has 0 aliphatic heterocycles. The molecule has 0 unspecified atom stereocenters. The fraction of sp³-hybridized carbons (Fsp3) is 1.00. The summed E-state index contributed by atoms with van der Waals surface area (Å²) in [6.45, 7) is 14.5. The van der Waals surface area contributed by atoms with Crippen LogP contribution in [0.5, 0.6) is 0 Å². The van der Waals surface area contributed by atoms with Gasteiger partial charge in [0.05, 0.1) is 0 Å². The van der Waals surface area contributed by atoms with Gasteiger partial charge in [0, 0.05) is 10.3 Å². The lowest BCUT2D eigenvalue weighted by Gasteiger charge is -2.36. The molecular weight excluding hydrogens is 138 g/mol. The van der Waals surface area contributed by atoms with Crippen molar-refractivity contribution in [1.29, 1.82) is 0 Å². The zero-order chi connectivity index (χ0) is 8.58. The van der Waals surface area contributed by atoms with Crippen molar-refractivity contribution >= 4 is 15.4 Å². The van der Waals surface area contributed by atoms with E-state index in [1.54, 1.807) is 0 Å². The summed E-state index contributed by atoms with van der Waals surface area (Å²) in [6.07, 6.45) is 0. The molecule has 0 saturated heterocycles. The Kier molecular flexibility index (Phi) is 3.00. The van der Waals surface area contributed by atoms with Crippen molar-refractivity contribution in [3.63, 3.8) is 0 Å². The number of hydrogen-bond acceptors (Lipinski definition) is 0. The van der Waals surface area contributed by atoms with Gasteiger partial charge in [-0.05, 0) is 41.5 Å². The molecule has 0 heterocycles. The molecule has 0 radical (unpaired) electrons. The molecule has 62 valence electrons. The predicted molar refractivity (Wildman–Crippen MR) is 57.8 cm³/mol. The fourth-order valence-corrected chi connectivity index (χ4v) is 3.38. The third-order valence-electron chi connectivity index (χ3n) is 0.750. The maximum atomic E-state index is 2.42. The van der Waals surface area contributed by atoms with Crippen molar-refractivity contribution in [2.45, 2.75) is 51.9 Å². The summed E-state index contributed by atoms with van der Waals surface area (Å²) in [5.74, 6) is 0. The van der Waals surface area contributed by atoms with Crippen LogP contribution in [0.25, 0.3) is 0 Å². The van der Waals surface area contributed by atoms with Gasteiger partial charge in [-0.1, -0.05) is 0 Å². The summed E-state index contributed by atoms with van der Waals surface area (Å²) in [6, 6.07) is 0. The van der Waals surface area contributed by atoms with Gasteiger partial charge in [-0.2, -0.15) is 7.80 Å². The zero-order valence-corrected chi connectivity index (χ0v) is 8.50. The van der Waals surface area contributed by atoms with Gasteiger partial charge in [0.2, 0.25) is 0 Å². The van der Waals surface area contributed by atoms with E-state index in [1.165, 1.54) is 0 Å². The van der Waals surface area contributed by atoms with Gasteiger partial charge in [0.15, 0.2) is 0 Å². The van der Waals surface area contributed by atoms with Crippen LogP contribution >= 0.6 is 7.80 Å². The minimum Gasteiger partial charge on any atom is -0.160 e. The predicted octanol–water partition coefficient (Wildman–Crippen LogP) is 2.08. The molecule has 0 bridgehead atoms. The molecule has 0 amide bonds. The summed E-state index contributed by atoms with van der Waals surface area (Å²) < 4.78 is 0. The topological polar surface area (TPSA) is 0 Å². The molecule has 0 saturated carbocycles. The van der Waals surface area contributed by atoms with E-state index >= 15 is 0 Å². The van der Waals surface area contributed by atoms with E-state index in [2.05, 4.69) is 41.5 Å². The van der Waals surface area contributed by atoms with E-state index in [-0.39, 0.29) is 7.80 Å². The third-order valence-corrected chi connectivity index (χ3v) is 2.25.